The third-order valence-electron chi connectivity index (χ3n) is 3.68. The number of hydrogen-bond acceptors (Lipinski definition) is 1. The van der Waals surface area contributed by atoms with E-state index in [2.05, 4.69) is 19.9 Å². The van der Waals surface area contributed by atoms with Gasteiger partial charge in [0.25, 0.3) is 0 Å². The van der Waals surface area contributed by atoms with Crippen LogP contribution in [0.4, 0.5) is 0 Å². The normalized spacial score (nSPS) is 24.2. The lowest BCUT2D eigenvalue weighted by Crippen LogP contribution is -1.99. The molecule has 0 aromatic heterocycles. The molecule has 2 aliphatic rings. The second-order valence-electron chi connectivity index (χ2n) is 5.48. The quantitative estimate of drug-likeness (QED) is 0.635. The molecule has 2 aliphatic carbocycles. The molecule has 0 spiro atoms. The SMILES string of the molecule is CC(C)CC=C1CCC(=C2CCCC2)C1=O. The summed E-state index contributed by atoms with van der Waals surface area (Å²) < 4.78 is 0. The summed E-state index contributed by atoms with van der Waals surface area (Å²) in [6, 6.07) is 0. The van der Waals surface area contributed by atoms with Gasteiger partial charge >= 0.3 is 0 Å². The zero-order valence-electron chi connectivity index (χ0n) is 10.5. The summed E-state index contributed by atoms with van der Waals surface area (Å²) in [5.41, 5.74) is 3.73. The molecule has 2 fully saturated rings. The average Bonchev–Trinajstić information content (AvgIpc) is 2.84. The first-order valence-electron chi connectivity index (χ1n) is 6.63. The predicted octanol–water partition coefficient (Wildman–Crippen LogP) is 4.19. The number of rotatable bonds is 2. The van der Waals surface area contributed by atoms with Crippen molar-refractivity contribution in [2.24, 2.45) is 5.92 Å². The molecule has 1 nitrogen and oxygen atoms in total. The van der Waals surface area contributed by atoms with E-state index in [1.807, 2.05) is 0 Å². The Bertz CT molecular complexity index is 336. The van der Waals surface area contributed by atoms with Gasteiger partial charge in [0.05, 0.1) is 0 Å². The number of ketones is 1. The molecule has 0 amide bonds. The van der Waals surface area contributed by atoms with Crippen molar-refractivity contribution in [3.63, 3.8) is 0 Å². The van der Waals surface area contributed by atoms with E-state index in [0.29, 0.717) is 11.7 Å². The van der Waals surface area contributed by atoms with Gasteiger partial charge in [0.1, 0.15) is 0 Å². The molecule has 2 saturated carbocycles. The van der Waals surface area contributed by atoms with Crippen LogP contribution in [0, 0.1) is 5.92 Å². The van der Waals surface area contributed by atoms with Crippen LogP contribution in [0.2, 0.25) is 0 Å². The summed E-state index contributed by atoms with van der Waals surface area (Å²) in [7, 11) is 0. The van der Waals surface area contributed by atoms with Gasteiger partial charge in [0.2, 0.25) is 0 Å². The lowest BCUT2D eigenvalue weighted by molar-refractivity contribution is -0.111. The van der Waals surface area contributed by atoms with Crippen LogP contribution in [0.3, 0.4) is 0 Å². The van der Waals surface area contributed by atoms with Gasteiger partial charge in [-0.2, -0.15) is 0 Å². The third kappa shape index (κ3) is 2.45. The monoisotopic (exact) mass is 218 g/mol. The van der Waals surface area contributed by atoms with Crippen LogP contribution in [0.15, 0.2) is 22.8 Å². The maximum Gasteiger partial charge on any atom is 0.184 e. The van der Waals surface area contributed by atoms with Crippen LogP contribution in [0.5, 0.6) is 0 Å². The maximum absolute atomic E-state index is 12.2. The zero-order valence-corrected chi connectivity index (χ0v) is 10.5. The first-order valence-corrected chi connectivity index (χ1v) is 6.63. The van der Waals surface area contributed by atoms with Crippen molar-refractivity contribution >= 4 is 5.78 Å². The average molecular weight is 218 g/mol. The largest absolute Gasteiger partial charge is 0.289 e. The summed E-state index contributed by atoms with van der Waals surface area (Å²) in [6.45, 7) is 4.40. The van der Waals surface area contributed by atoms with Gasteiger partial charge in [0.15, 0.2) is 5.78 Å². The summed E-state index contributed by atoms with van der Waals surface area (Å²) in [4.78, 5) is 12.2. The van der Waals surface area contributed by atoms with Gasteiger partial charge in [-0.05, 0) is 62.0 Å². The number of allylic oxidation sites excluding steroid dienone is 4. The van der Waals surface area contributed by atoms with Crippen LogP contribution in [0.1, 0.15) is 58.8 Å². The molecule has 0 aromatic carbocycles. The Balaban J connectivity index is 2.10. The number of carbonyl (C=O) groups is 1. The molecule has 0 atom stereocenters. The van der Waals surface area contributed by atoms with Crippen molar-refractivity contribution in [3.05, 3.63) is 22.8 Å². The molecule has 0 bridgehead atoms. The number of carbonyl (C=O) groups excluding carboxylic acids is 1. The molecule has 88 valence electrons. The van der Waals surface area contributed by atoms with Gasteiger partial charge in [-0.15, -0.1) is 0 Å². The summed E-state index contributed by atoms with van der Waals surface area (Å²) in [5.74, 6) is 1.03. The Kier molecular flexibility index (Phi) is 3.63. The van der Waals surface area contributed by atoms with Gasteiger partial charge in [-0.1, -0.05) is 25.5 Å². The standard InChI is InChI=1S/C15H22O/c1-11(2)7-8-13-9-10-14(15(13)16)12-5-3-4-6-12/h8,11H,3-7,9-10H2,1-2H3. The second-order valence-corrected chi connectivity index (χ2v) is 5.48. The highest BCUT2D eigenvalue weighted by molar-refractivity contribution is 6.11. The fourth-order valence-corrected chi connectivity index (χ4v) is 2.69. The van der Waals surface area contributed by atoms with Gasteiger partial charge in [-0.3, -0.25) is 4.79 Å². The van der Waals surface area contributed by atoms with Crippen LogP contribution in [-0.4, -0.2) is 5.78 Å². The van der Waals surface area contributed by atoms with Crippen molar-refractivity contribution < 1.29 is 4.79 Å². The highest BCUT2D eigenvalue weighted by atomic mass is 16.1. The fraction of sp³-hybridized carbons (Fsp3) is 0.667. The lowest BCUT2D eigenvalue weighted by Gasteiger charge is -2.01. The molecule has 0 saturated heterocycles. The van der Waals surface area contributed by atoms with Crippen molar-refractivity contribution in [3.8, 4) is 0 Å². The van der Waals surface area contributed by atoms with E-state index in [0.717, 1.165) is 24.8 Å². The Hall–Kier alpha value is -0.850. The molecule has 2 rings (SSSR count). The lowest BCUT2D eigenvalue weighted by atomic mass is 10.0. The Morgan fingerprint density at radius 3 is 2.44 bits per heavy atom. The molecule has 0 unspecified atom stereocenters. The highest BCUT2D eigenvalue weighted by Crippen LogP contribution is 2.35. The van der Waals surface area contributed by atoms with Gasteiger partial charge in [-0.25, -0.2) is 0 Å². The molecule has 0 heterocycles. The van der Waals surface area contributed by atoms with E-state index >= 15 is 0 Å². The van der Waals surface area contributed by atoms with Gasteiger partial charge in [0, 0.05) is 0 Å². The van der Waals surface area contributed by atoms with Crippen molar-refractivity contribution in [1.82, 2.24) is 0 Å². The zero-order chi connectivity index (χ0) is 11.5. The summed E-state index contributed by atoms with van der Waals surface area (Å²) in [5, 5.41) is 0. The van der Waals surface area contributed by atoms with Crippen LogP contribution in [0.25, 0.3) is 0 Å². The number of Topliss-reactive ketones (excluding diaryl/α,β-unsaturated/α-hetero) is 1. The van der Waals surface area contributed by atoms with Crippen LogP contribution >= 0.6 is 0 Å². The first kappa shape index (κ1) is 11.6. The molecule has 16 heavy (non-hydrogen) atoms. The highest BCUT2D eigenvalue weighted by Gasteiger charge is 2.26. The Morgan fingerprint density at radius 1 is 1.12 bits per heavy atom. The third-order valence-corrected chi connectivity index (χ3v) is 3.68. The maximum atomic E-state index is 12.2. The predicted molar refractivity (Wildman–Crippen MR) is 67.3 cm³/mol. The summed E-state index contributed by atoms with van der Waals surface area (Å²) >= 11 is 0. The molecule has 0 aromatic rings. The van der Waals surface area contributed by atoms with E-state index in [1.165, 1.54) is 36.8 Å². The van der Waals surface area contributed by atoms with Crippen molar-refractivity contribution in [2.45, 2.75) is 58.8 Å². The molecule has 1 heteroatoms. The van der Waals surface area contributed by atoms with E-state index in [-0.39, 0.29) is 0 Å². The van der Waals surface area contributed by atoms with Crippen molar-refractivity contribution in [2.75, 3.05) is 0 Å². The molecular formula is C15H22O. The molecule has 0 radical (unpaired) electrons. The minimum Gasteiger partial charge on any atom is -0.289 e. The van der Waals surface area contributed by atoms with Crippen LogP contribution in [-0.2, 0) is 4.79 Å². The minimum absolute atomic E-state index is 0.373. The smallest absolute Gasteiger partial charge is 0.184 e. The number of hydrogen-bond donors (Lipinski definition) is 0. The van der Waals surface area contributed by atoms with Crippen molar-refractivity contribution in [1.29, 1.82) is 0 Å². The second kappa shape index (κ2) is 4.99. The molecule has 0 aliphatic heterocycles. The van der Waals surface area contributed by atoms with Gasteiger partial charge < -0.3 is 0 Å². The Morgan fingerprint density at radius 2 is 1.81 bits per heavy atom. The van der Waals surface area contributed by atoms with E-state index in [1.54, 1.807) is 0 Å². The van der Waals surface area contributed by atoms with Crippen LogP contribution < -0.4 is 0 Å². The minimum atomic E-state index is 0.373. The topological polar surface area (TPSA) is 17.1 Å². The molecule has 0 N–H and O–H groups in total. The van der Waals surface area contributed by atoms with E-state index in [9.17, 15) is 4.79 Å². The first-order chi connectivity index (χ1) is 7.68. The van der Waals surface area contributed by atoms with E-state index < -0.39 is 0 Å². The Labute approximate surface area is 98.6 Å². The molecular weight excluding hydrogens is 196 g/mol. The fourth-order valence-electron chi connectivity index (χ4n) is 2.69. The summed E-state index contributed by atoms with van der Waals surface area (Å²) in [6.07, 6.45) is 10.2. The van der Waals surface area contributed by atoms with E-state index in [4.69, 9.17) is 0 Å².